The number of carbonyl (C=O) groups is 1. The van der Waals surface area contributed by atoms with Crippen molar-refractivity contribution in [2.24, 2.45) is 0 Å². The molecule has 29 heavy (non-hydrogen) atoms. The van der Waals surface area contributed by atoms with Crippen molar-refractivity contribution < 1.29 is 22.4 Å². The molecule has 2 aliphatic rings. The highest BCUT2D eigenvalue weighted by atomic mass is 19.4. The van der Waals surface area contributed by atoms with Gasteiger partial charge in [0.2, 0.25) is 0 Å². The van der Waals surface area contributed by atoms with E-state index in [1.54, 1.807) is 18.1 Å². The molecule has 0 radical (unpaired) electrons. The molecule has 7 nitrogen and oxygen atoms in total. The van der Waals surface area contributed by atoms with Crippen LogP contribution < -0.4 is 16.0 Å². The minimum absolute atomic E-state index is 0.203. The smallest absolute Gasteiger partial charge is 0.330 e. The number of hydrogen-bond acceptors (Lipinski definition) is 6. The zero-order valence-electron chi connectivity index (χ0n) is 15.2. The van der Waals surface area contributed by atoms with Crippen LogP contribution in [-0.4, -0.2) is 33.4 Å². The summed E-state index contributed by atoms with van der Waals surface area (Å²) in [7, 11) is 0. The molecular weight excluding hydrogens is 392 g/mol. The Bertz CT molecular complexity index is 978. The molecule has 4 rings (SSSR count). The molecule has 3 heterocycles. The minimum atomic E-state index is -4.88. The second-order valence-electron chi connectivity index (χ2n) is 6.59. The average Bonchev–Trinajstić information content (AvgIpc) is 3.13. The first-order chi connectivity index (χ1) is 13.8. The molecule has 1 amide bonds. The van der Waals surface area contributed by atoms with Gasteiger partial charge in [-0.15, -0.1) is 5.53 Å². The Labute approximate surface area is 163 Å². The predicted octanol–water partition coefficient (Wildman–Crippen LogP) is 2.61. The van der Waals surface area contributed by atoms with Gasteiger partial charge in [0.15, 0.2) is 5.82 Å². The van der Waals surface area contributed by atoms with Crippen molar-refractivity contribution in [3.8, 4) is 0 Å². The maximum Gasteiger partial charge on any atom is 0.419 e. The number of hydrazine groups is 2. The Balaban J connectivity index is 1.62. The van der Waals surface area contributed by atoms with Crippen LogP contribution in [0.25, 0.3) is 0 Å². The molecule has 152 valence electrons. The third-order valence-electron chi connectivity index (χ3n) is 4.93. The molecule has 0 bridgehead atoms. The summed E-state index contributed by atoms with van der Waals surface area (Å²) in [5.74, 6) is -1.82. The Hall–Kier alpha value is -3.21. The Kier molecular flexibility index (Phi) is 4.61. The number of carbonyl (C=O) groups excluding carboxylic acids is 1. The first-order valence-corrected chi connectivity index (χ1v) is 8.76. The van der Waals surface area contributed by atoms with Gasteiger partial charge in [0.25, 0.3) is 5.91 Å². The summed E-state index contributed by atoms with van der Waals surface area (Å²) in [4.78, 5) is 22.4. The highest BCUT2D eigenvalue weighted by molar-refractivity contribution is 5.95. The lowest BCUT2D eigenvalue weighted by molar-refractivity contribution is -0.140. The number of rotatable bonds is 2. The third-order valence-corrected chi connectivity index (χ3v) is 4.93. The van der Waals surface area contributed by atoms with E-state index in [-0.39, 0.29) is 6.54 Å². The Morgan fingerprint density at radius 2 is 2.07 bits per heavy atom. The Morgan fingerprint density at radius 1 is 1.28 bits per heavy atom. The molecule has 2 N–H and O–H groups in total. The number of aromatic nitrogens is 2. The van der Waals surface area contributed by atoms with Crippen LogP contribution in [-0.2, 0) is 6.18 Å². The largest absolute Gasteiger partial charge is 0.419 e. The predicted molar refractivity (Wildman–Crippen MR) is 94.3 cm³/mol. The molecule has 1 aromatic carbocycles. The van der Waals surface area contributed by atoms with Crippen molar-refractivity contribution in [3.63, 3.8) is 0 Å². The number of hydrogen-bond donors (Lipinski definition) is 2. The lowest BCUT2D eigenvalue weighted by Crippen LogP contribution is -2.46. The first-order valence-electron chi connectivity index (χ1n) is 8.76. The van der Waals surface area contributed by atoms with Crippen LogP contribution in [0.2, 0.25) is 0 Å². The molecule has 0 spiro atoms. The number of halogens is 4. The number of nitrogens with zero attached hydrogens (tertiary/aromatic N) is 4. The van der Waals surface area contributed by atoms with Crippen molar-refractivity contribution in [2.75, 3.05) is 11.6 Å². The van der Waals surface area contributed by atoms with Gasteiger partial charge in [0.05, 0.1) is 34.8 Å². The van der Waals surface area contributed by atoms with Gasteiger partial charge in [-0.3, -0.25) is 9.78 Å². The molecule has 11 heteroatoms. The van der Waals surface area contributed by atoms with Crippen molar-refractivity contribution in [2.45, 2.75) is 25.6 Å². The number of nitrogens with one attached hydrogen (secondary N) is 2. The summed E-state index contributed by atoms with van der Waals surface area (Å²) in [5.41, 5.74) is 5.31. The van der Waals surface area contributed by atoms with Crippen molar-refractivity contribution in [1.82, 2.24) is 25.8 Å². The topological polar surface area (TPSA) is 73.4 Å². The highest BCUT2D eigenvalue weighted by Crippen LogP contribution is 2.34. The van der Waals surface area contributed by atoms with E-state index in [2.05, 4.69) is 20.9 Å². The van der Waals surface area contributed by atoms with Gasteiger partial charge in [-0.1, -0.05) is 6.07 Å². The second kappa shape index (κ2) is 6.99. The molecular formula is C18H16F4N6O. The minimum Gasteiger partial charge on any atom is -0.330 e. The first kappa shape index (κ1) is 19.1. The van der Waals surface area contributed by atoms with Gasteiger partial charge in [-0.2, -0.15) is 13.2 Å². The van der Waals surface area contributed by atoms with Crippen LogP contribution in [0.15, 0.2) is 48.2 Å². The van der Waals surface area contributed by atoms with E-state index in [9.17, 15) is 22.4 Å². The molecule has 2 aliphatic heterocycles. The van der Waals surface area contributed by atoms with E-state index in [1.165, 1.54) is 17.3 Å². The van der Waals surface area contributed by atoms with Crippen LogP contribution >= 0.6 is 0 Å². The number of anilines is 1. The normalized spacial score (nSPS) is 19.3. The van der Waals surface area contributed by atoms with Crippen molar-refractivity contribution in [1.29, 1.82) is 0 Å². The fourth-order valence-electron chi connectivity index (χ4n) is 3.49. The van der Waals surface area contributed by atoms with E-state index < -0.39 is 35.1 Å². The third kappa shape index (κ3) is 3.27. The van der Waals surface area contributed by atoms with E-state index in [4.69, 9.17) is 0 Å². The lowest BCUT2D eigenvalue weighted by atomic mass is 10.0. The molecule has 0 saturated heterocycles. The van der Waals surface area contributed by atoms with Crippen molar-refractivity contribution in [3.05, 3.63) is 65.1 Å². The van der Waals surface area contributed by atoms with Crippen LogP contribution in [0.5, 0.6) is 0 Å². The molecule has 1 unspecified atom stereocenters. The van der Waals surface area contributed by atoms with E-state index in [0.29, 0.717) is 24.0 Å². The van der Waals surface area contributed by atoms with Gasteiger partial charge in [-0.05, 0) is 19.1 Å². The fourth-order valence-corrected chi connectivity index (χ4v) is 3.49. The van der Waals surface area contributed by atoms with Crippen LogP contribution in [0, 0.1) is 5.82 Å². The summed E-state index contributed by atoms with van der Waals surface area (Å²) in [6.45, 7) is 1.92. The zero-order chi connectivity index (χ0) is 20.8. The molecule has 1 aromatic heterocycles. The van der Waals surface area contributed by atoms with Crippen molar-refractivity contribution >= 4 is 11.7 Å². The van der Waals surface area contributed by atoms with E-state index >= 15 is 0 Å². The van der Waals surface area contributed by atoms with Gasteiger partial charge in [-0.25, -0.2) is 14.4 Å². The van der Waals surface area contributed by atoms with Crippen LogP contribution in [0.1, 0.15) is 29.3 Å². The van der Waals surface area contributed by atoms with E-state index in [1.807, 2.05) is 0 Å². The van der Waals surface area contributed by atoms with Gasteiger partial charge < -0.3 is 10.3 Å². The zero-order valence-corrected chi connectivity index (χ0v) is 15.2. The van der Waals surface area contributed by atoms with Gasteiger partial charge >= 0.3 is 6.18 Å². The van der Waals surface area contributed by atoms with E-state index in [0.717, 1.165) is 17.8 Å². The highest BCUT2D eigenvalue weighted by Gasteiger charge is 2.39. The summed E-state index contributed by atoms with van der Waals surface area (Å²) in [5, 5.41) is 1.69. The second-order valence-corrected chi connectivity index (χ2v) is 6.59. The summed E-state index contributed by atoms with van der Waals surface area (Å²) >= 11 is 0. The maximum absolute atomic E-state index is 14.4. The number of amides is 1. The summed E-state index contributed by atoms with van der Waals surface area (Å²) < 4.78 is 53.4. The molecule has 0 aliphatic carbocycles. The SMILES string of the molecule is CC1C2=C(CCN1C(=O)c1cccc(C(F)(F)F)c1F)N(c1cnccn1)NN2. The van der Waals surface area contributed by atoms with Crippen LogP contribution in [0.4, 0.5) is 23.4 Å². The number of benzene rings is 1. The van der Waals surface area contributed by atoms with Crippen LogP contribution in [0.3, 0.4) is 0 Å². The average molecular weight is 408 g/mol. The summed E-state index contributed by atoms with van der Waals surface area (Å²) in [6.07, 6.45) is 0.148. The monoisotopic (exact) mass is 408 g/mol. The summed E-state index contributed by atoms with van der Waals surface area (Å²) in [6, 6.07) is 2.20. The maximum atomic E-state index is 14.4. The standard InChI is InChI=1S/C18H16F4N6O/c1-10-16-13(28(26-25-16)14-9-23-6-7-24-14)5-8-27(10)17(29)11-3-2-4-12(15(11)19)18(20,21)22/h2-4,6-7,9-10,25-26H,5,8H2,1H3. The molecule has 0 saturated carbocycles. The lowest BCUT2D eigenvalue weighted by Gasteiger charge is -2.34. The van der Waals surface area contributed by atoms with Gasteiger partial charge in [0, 0.05) is 25.4 Å². The molecule has 2 aromatic rings. The Morgan fingerprint density at radius 3 is 2.76 bits per heavy atom. The van der Waals surface area contributed by atoms with Gasteiger partial charge in [0.1, 0.15) is 5.82 Å². The molecule has 0 fully saturated rings. The quantitative estimate of drug-likeness (QED) is 0.745. The molecule has 1 atom stereocenters. The fraction of sp³-hybridized carbons (Fsp3) is 0.278. The number of alkyl halides is 3.